The first kappa shape index (κ1) is 26.2. The van der Waals surface area contributed by atoms with Gasteiger partial charge in [-0.1, -0.05) is 18.8 Å². The zero-order valence-corrected chi connectivity index (χ0v) is 21.7. The van der Waals surface area contributed by atoms with Crippen molar-refractivity contribution in [2.45, 2.75) is 65.8 Å². The number of anilines is 1. The normalized spacial score (nSPS) is 22.9. The number of hydrogen-bond acceptors (Lipinski definition) is 5. The van der Waals surface area contributed by atoms with Gasteiger partial charge >= 0.3 is 5.97 Å². The summed E-state index contributed by atoms with van der Waals surface area (Å²) in [7, 11) is 1.59. The van der Waals surface area contributed by atoms with E-state index in [-0.39, 0.29) is 28.0 Å². The molecule has 0 spiro atoms. The fraction of sp³-hybridized carbons (Fsp3) is 0.654. The molecular formula is C26H36N2O5S. The van der Waals surface area contributed by atoms with E-state index in [1.165, 1.54) is 4.90 Å². The molecule has 0 unspecified atom stereocenters. The van der Waals surface area contributed by atoms with Crippen LogP contribution in [0.4, 0.5) is 5.69 Å². The Bertz CT molecular complexity index is 976. The molecule has 3 rings (SSSR count). The van der Waals surface area contributed by atoms with Gasteiger partial charge in [0, 0.05) is 31.5 Å². The number of methoxy groups -OCH3 is 1. The van der Waals surface area contributed by atoms with Gasteiger partial charge in [-0.2, -0.15) is 0 Å². The fourth-order valence-electron chi connectivity index (χ4n) is 4.55. The van der Waals surface area contributed by atoms with Crippen LogP contribution >= 0.6 is 11.3 Å². The molecule has 1 aromatic rings. The van der Waals surface area contributed by atoms with E-state index in [2.05, 4.69) is 18.8 Å². The zero-order chi connectivity index (χ0) is 25.0. The number of rotatable bonds is 7. The summed E-state index contributed by atoms with van der Waals surface area (Å²) in [5, 5.41) is 9.97. The minimum absolute atomic E-state index is 0.0545. The third-order valence-corrected chi connectivity index (χ3v) is 7.50. The average Bonchev–Trinajstić information content (AvgIpc) is 3.35. The Morgan fingerprint density at radius 1 is 1.24 bits per heavy atom. The molecule has 2 amide bonds. The number of carbonyl (C=O) groups is 3. The molecule has 34 heavy (non-hydrogen) atoms. The van der Waals surface area contributed by atoms with Crippen LogP contribution in [0.5, 0.6) is 0 Å². The molecule has 7 nitrogen and oxygen atoms in total. The van der Waals surface area contributed by atoms with E-state index in [4.69, 9.17) is 4.74 Å². The Labute approximate surface area is 206 Å². The molecule has 0 radical (unpaired) electrons. The van der Waals surface area contributed by atoms with Crippen LogP contribution in [0.3, 0.4) is 0 Å². The highest BCUT2D eigenvalue weighted by molar-refractivity contribution is 7.15. The quantitative estimate of drug-likeness (QED) is 0.580. The van der Waals surface area contributed by atoms with Crippen LogP contribution in [0.25, 0.3) is 0 Å². The third kappa shape index (κ3) is 6.19. The lowest BCUT2D eigenvalue weighted by Gasteiger charge is -2.34. The van der Waals surface area contributed by atoms with Gasteiger partial charge in [0.2, 0.25) is 11.8 Å². The second-order valence-electron chi connectivity index (χ2n) is 10.4. The summed E-state index contributed by atoms with van der Waals surface area (Å²) in [5.41, 5.74) is 0.0525. The van der Waals surface area contributed by atoms with Gasteiger partial charge in [-0.15, -0.1) is 11.3 Å². The number of carboxylic acid groups (broad SMARTS) is 1. The molecule has 1 atom stereocenters. The summed E-state index contributed by atoms with van der Waals surface area (Å²) >= 11 is 1.06. The summed E-state index contributed by atoms with van der Waals surface area (Å²) in [6.07, 6.45) is 3.90. The van der Waals surface area contributed by atoms with E-state index in [0.29, 0.717) is 42.6 Å². The van der Waals surface area contributed by atoms with Crippen molar-refractivity contribution in [3.63, 3.8) is 0 Å². The molecular weight excluding hydrogens is 452 g/mol. The third-order valence-electron chi connectivity index (χ3n) is 6.48. The number of carbonyl (C=O) groups excluding carboxylic acids is 2. The number of thiophene rings is 1. The number of carboxylic acids is 1. The Kier molecular flexibility index (Phi) is 8.43. The van der Waals surface area contributed by atoms with Crippen molar-refractivity contribution in [2.75, 3.05) is 31.7 Å². The molecule has 1 aliphatic carbocycles. The maximum atomic E-state index is 13.9. The van der Waals surface area contributed by atoms with E-state index in [1.54, 1.807) is 18.1 Å². The maximum absolute atomic E-state index is 13.9. The summed E-state index contributed by atoms with van der Waals surface area (Å²) in [6.45, 7) is 9.52. The van der Waals surface area contributed by atoms with Crippen LogP contribution in [0.2, 0.25) is 0 Å². The lowest BCUT2D eigenvalue weighted by atomic mass is 9.82. The maximum Gasteiger partial charge on any atom is 0.348 e. The highest BCUT2D eigenvalue weighted by Gasteiger charge is 2.43. The lowest BCUT2D eigenvalue weighted by Crippen LogP contribution is -2.49. The second kappa shape index (κ2) is 10.9. The Hall–Kier alpha value is -2.37. The Morgan fingerprint density at radius 2 is 1.91 bits per heavy atom. The molecule has 0 bridgehead atoms. The van der Waals surface area contributed by atoms with E-state index in [0.717, 1.165) is 37.0 Å². The number of likely N-dealkylation sites (tertiary alicyclic amines) is 1. The van der Waals surface area contributed by atoms with Gasteiger partial charge in [-0.3, -0.25) is 14.5 Å². The van der Waals surface area contributed by atoms with Gasteiger partial charge < -0.3 is 14.7 Å². The molecule has 1 N–H and O–H groups in total. The predicted octanol–water partition coefficient (Wildman–Crippen LogP) is 4.25. The predicted molar refractivity (Wildman–Crippen MR) is 133 cm³/mol. The highest BCUT2D eigenvalue weighted by Crippen LogP contribution is 2.38. The largest absolute Gasteiger partial charge is 0.477 e. The number of nitrogens with zero attached hydrogens (tertiary/aromatic N) is 2. The van der Waals surface area contributed by atoms with E-state index < -0.39 is 12.0 Å². The molecule has 0 aromatic carbocycles. The summed E-state index contributed by atoms with van der Waals surface area (Å²) in [5.74, 6) is 5.17. The van der Waals surface area contributed by atoms with Crippen molar-refractivity contribution >= 4 is 34.8 Å². The molecule has 1 aliphatic heterocycles. The van der Waals surface area contributed by atoms with E-state index in [1.807, 2.05) is 20.8 Å². The van der Waals surface area contributed by atoms with Gasteiger partial charge in [-0.25, -0.2) is 4.79 Å². The molecule has 2 aliphatic rings. The standard InChI is InChI=1S/C26H36N2O5S/c1-17-6-8-18(9-7-17)23(29)28(20-11-13-27(24(20)30)14-15-33-5)21-16-19(10-12-26(2,3)4)34-22(21)25(31)32/h16-18,20H,6-9,11,13-15H2,1-5H3,(H,31,32)/t17-,18-,20-/m0/s1. The molecule has 1 saturated carbocycles. The second-order valence-corrected chi connectivity index (χ2v) is 11.5. The molecule has 2 fully saturated rings. The van der Waals surface area contributed by atoms with E-state index in [9.17, 15) is 19.5 Å². The summed E-state index contributed by atoms with van der Waals surface area (Å²) in [4.78, 5) is 43.2. The molecule has 186 valence electrons. The van der Waals surface area contributed by atoms with Crippen LogP contribution in [-0.4, -0.2) is 60.6 Å². The number of amides is 2. The van der Waals surface area contributed by atoms with Gasteiger partial charge in [0.15, 0.2) is 0 Å². The van der Waals surface area contributed by atoms with Gasteiger partial charge in [0.05, 0.1) is 17.2 Å². The Morgan fingerprint density at radius 3 is 2.50 bits per heavy atom. The summed E-state index contributed by atoms with van der Waals surface area (Å²) < 4.78 is 5.13. The van der Waals surface area contributed by atoms with Crippen LogP contribution < -0.4 is 4.90 Å². The molecule has 1 saturated heterocycles. The van der Waals surface area contributed by atoms with Crippen molar-refractivity contribution in [3.05, 3.63) is 15.8 Å². The smallest absolute Gasteiger partial charge is 0.348 e. The minimum atomic E-state index is -1.11. The van der Waals surface area contributed by atoms with Crippen molar-refractivity contribution in [3.8, 4) is 11.8 Å². The van der Waals surface area contributed by atoms with Crippen LogP contribution in [0.15, 0.2) is 6.07 Å². The topological polar surface area (TPSA) is 87.2 Å². The van der Waals surface area contributed by atoms with Crippen molar-refractivity contribution in [1.82, 2.24) is 4.90 Å². The number of ether oxygens (including phenoxy) is 1. The molecule has 8 heteroatoms. The van der Waals surface area contributed by atoms with Gasteiger partial charge in [0.25, 0.3) is 0 Å². The first-order valence-corrected chi connectivity index (χ1v) is 12.8. The van der Waals surface area contributed by atoms with Crippen LogP contribution in [0.1, 0.15) is 74.3 Å². The number of aromatic carboxylic acids is 1. The zero-order valence-electron chi connectivity index (χ0n) is 20.8. The Balaban J connectivity index is 2.02. The van der Waals surface area contributed by atoms with Crippen molar-refractivity contribution < 1.29 is 24.2 Å². The SMILES string of the molecule is COCCN1CC[C@H](N(c2cc(C#CC(C)(C)C)sc2C(=O)O)C(=O)[C@H]2CC[C@H](C)CC2)C1=O. The molecule has 1 aromatic heterocycles. The molecule has 2 heterocycles. The van der Waals surface area contributed by atoms with Gasteiger partial charge in [-0.05, 0) is 64.9 Å². The van der Waals surface area contributed by atoms with Crippen LogP contribution in [-0.2, 0) is 14.3 Å². The highest BCUT2D eigenvalue weighted by atomic mass is 32.1. The van der Waals surface area contributed by atoms with Crippen molar-refractivity contribution in [1.29, 1.82) is 0 Å². The lowest BCUT2D eigenvalue weighted by molar-refractivity contribution is -0.132. The first-order chi connectivity index (χ1) is 16.0. The van der Waals surface area contributed by atoms with Crippen molar-refractivity contribution in [2.24, 2.45) is 17.3 Å². The monoisotopic (exact) mass is 488 g/mol. The number of hydrogen-bond donors (Lipinski definition) is 1. The van der Waals surface area contributed by atoms with Crippen LogP contribution in [0, 0.1) is 29.1 Å². The van der Waals surface area contributed by atoms with E-state index >= 15 is 0 Å². The summed E-state index contributed by atoms with van der Waals surface area (Å²) in [6, 6.07) is 0.973. The first-order valence-electron chi connectivity index (χ1n) is 12.0. The minimum Gasteiger partial charge on any atom is -0.477 e. The fourth-order valence-corrected chi connectivity index (χ4v) is 5.40. The van der Waals surface area contributed by atoms with Gasteiger partial charge in [0.1, 0.15) is 10.9 Å². The average molecular weight is 489 g/mol.